The van der Waals surface area contributed by atoms with Gasteiger partial charge in [-0.2, -0.15) is 0 Å². The fourth-order valence-corrected chi connectivity index (χ4v) is 3.00. The van der Waals surface area contributed by atoms with Crippen molar-refractivity contribution in [1.29, 1.82) is 0 Å². The number of carbonyl (C=O) groups excluding carboxylic acids is 1. The largest absolute Gasteiger partial charge is 0.356 e. The van der Waals surface area contributed by atoms with E-state index in [4.69, 9.17) is 0 Å². The number of rotatable bonds is 8. The molecule has 1 heterocycles. The zero-order valence-electron chi connectivity index (χ0n) is 16.5. The lowest BCUT2D eigenvalue weighted by atomic mass is 10.2. The molecule has 1 unspecified atom stereocenters. The predicted octanol–water partition coefficient (Wildman–Crippen LogP) is 2.08. The molecule has 26 heavy (non-hydrogen) atoms. The van der Waals surface area contributed by atoms with E-state index in [9.17, 15) is 4.79 Å². The van der Waals surface area contributed by atoms with E-state index in [0.29, 0.717) is 19.0 Å². The number of nitrogens with zero attached hydrogens (tertiary/aromatic N) is 3. The summed E-state index contributed by atoms with van der Waals surface area (Å²) in [7, 11) is 3.93. The molecule has 144 valence electrons. The molecule has 1 amide bonds. The van der Waals surface area contributed by atoms with Crippen molar-refractivity contribution in [1.82, 2.24) is 15.5 Å². The third kappa shape index (κ3) is 6.02. The number of para-hydroxylation sites is 1. The summed E-state index contributed by atoms with van der Waals surface area (Å²) in [4.78, 5) is 20.8. The van der Waals surface area contributed by atoms with Crippen LogP contribution in [0.2, 0.25) is 0 Å². The zero-order chi connectivity index (χ0) is 18.9. The lowest BCUT2D eigenvalue weighted by Gasteiger charge is -2.21. The highest BCUT2D eigenvalue weighted by Gasteiger charge is 2.30. The van der Waals surface area contributed by atoms with Gasteiger partial charge in [-0.3, -0.25) is 9.79 Å². The second-order valence-corrected chi connectivity index (χ2v) is 7.17. The first-order chi connectivity index (χ1) is 12.5. The number of hydrogen-bond acceptors (Lipinski definition) is 3. The van der Waals surface area contributed by atoms with Crippen LogP contribution < -0.4 is 15.5 Å². The molecule has 1 saturated heterocycles. The van der Waals surface area contributed by atoms with Gasteiger partial charge in [0.1, 0.15) is 0 Å². The Hall–Kier alpha value is -2.08. The maximum Gasteiger partial charge on any atom is 0.229 e. The number of anilines is 1. The zero-order valence-corrected chi connectivity index (χ0v) is 16.5. The Bertz CT molecular complexity index is 587. The summed E-state index contributed by atoms with van der Waals surface area (Å²) in [6.45, 7) is 7.09. The molecule has 1 aliphatic rings. The van der Waals surface area contributed by atoms with Crippen molar-refractivity contribution in [2.75, 3.05) is 38.6 Å². The Balaban J connectivity index is 1.72. The maximum atomic E-state index is 12.3. The highest BCUT2D eigenvalue weighted by Crippen LogP contribution is 2.20. The van der Waals surface area contributed by atoms with Gasteiger partial charge < -0.3 is 20.4 Å². The van der Waals surface area contributed by atoms with Gasteiger partial charge in [-0.1, -0.05) is 18.2 Å². The van der Waals surface area contributed by atoms with E-state index in [1.165, 1.54) is 0 Å². The minimum atomic E-state index is 0.0842. The van der Waals surface area contributed by atoms with Crippen LogP contribution in [0.5, 0.6) is 0 Å². The third-order valence-electron chi connectivity index (χ3n) is 4.87. The quantitative estimate of drug-likeness (QED) is 0.424. The van der Waals surface area contributed by atoms with Crippen LogP contribution in [0, 0.1) is 0 Å². The molecule has 6 nitrogen and oxygen atoms in total. The fourth-order valence-electron chi connectivity index (χ4n) is 3.00. The number of hydrogen-bond donors (Lipinski definition) is 2. The van der Waals surface area contributed by atoms with Gasteiger partial charge in [0.2, 0.25) is 5.91 Å². The van der Waals surface area contributed by atoms with Crippen molar-refractivity contribution in [3.63, 3.8) is 0 Å². The molecule has 1 aromatic rings. The van der Waals surface area contributed by atoms with Gasteiger partial charge in [0.15, 0.2) is 5.96 Å². The number of benzene rings is 1. The molecule has 0 spiro atoms. The standard InChI is InChI=1S/C20H33N5O/c1-16(2)24(4)13-9-8-12-22-20(21-3)23-17-14-19(26)25(15-17)18-10-6-5-7-11-18/h5-7,10-11,16-17H,8-9,12-15H2,1-4H3,(H2,21,22,23). The van der Waals surface area contributed by atoms with Gasteiger partial charge in [-0.25, -0.2) is 0 Å². The van der Waals surface area contributed by atoms with E-state index < -0.39 is 0 Å². The van der Waals surface area contributed by atoms with Crippen LogP contribution in [-0.4, -0.2) is 62.6 Å². The topological polar surface area (TPSA) is 60.0 Å². The highest BCUT2D eigenvalue weighted by atomic mass is 16.2. The third-order valence-corrected chi connectivity index (χ3v) is 4.87. The molecule has 0 aromatic heterocycles. The summed E-state index contributed by atoms with van der Waals surface area (Å²) in [5.41, 5.74) is 0.957. The Kier molecular flexibility index (Phi) is 7.91. The summed E-state index contributed by atoms with van der Waals surface area (Å²) < 4.78 is 0. The molecule has 0 saturated carbocycles. The van der Waals surface area contributed by atoms with E-state index in [1.54, 1.807) is 7.05 Å². The van der Waals surface area contributed by atoms with E-state index in [1.807, 2.05) is 35.2 Å². The molecule has 2 rings (SSSR count). The fraction of sp³-hybridized carbons (Fsp3) is 0.600. The van der Waals surface area contributed by atoms with Crippen molar-refractivity contribution >= 4 is 17.6 Å². The first-order valence-corrected chi connectivity index (χ1v) is 9.54. The number of unbranched alkanes of at least 4 members (excludes halogenated alkanes) is 1. The minimum absolute atomic E-state index is 0.0842. The first kappa shape index (κ1) is 20.2. The van der Waals surface area contributed by atoms with E-state index >= 15 is 0 Å². The number of guanidine groups is 1. The van der Waals surface area contributed by atoms with Crippen LogP contribution in [0.15, 0.2) is 35.3 Å². The van der Waals surface area contributed by atoms with Gasteiger partial charge in [-0.05, 0) is 52.4 Å². The average molecular weight is 360 g/mol. The van der Waals surface area contributed by atoms with Crippen molar-refractivity contribution in [2.45, 2.75) is 45.2 Å². The Morgan fingerprint density at radius 2 is 2.04 bits per heavy atom. The number of amides is 1. The molecule has 6 heteroatoms. The smallest absolute Gasteiger partial charge is 0.229 e. The molecule has 0 aliphatic carbocycles. The van der Waals surface area contributed by atoms with Crippen LogP contribution in [0.1, 0.15) is 33.1 Å². The first-order valence-electron chi connectivity index (χ1n) is 9.54. The molecule has 1 aliphatic heterocycles. The van der Waals surface area contributed by atoms with Crippen molar-refractivity contribution in [3.8, 4) is 0 Å². The Labute approximate surface area is 157 Å². The van der Waals surface area contributed by atoms with E-state index in [-0.39, 0.29) is 11.9 Å². The van der Waals surface area contributed by atoms with Crippen molar-refractivity contribution < 1.29 is 4.79 Å². The van der Waals surface area contributed by atoms with E-state index in [2.05, 4.69) is 41.4 Å². The minimum Gasteiger partial charge on any atom is -0.356 e. The number of aliphatic imine (C=N–C) groups is 1. The van der Waals surface area contributed by atoms with Crippen LogP contribution >= 0.6 is 0 Å². The van der Waals surface area contributed by atoms with Crippen LogP contribution in [-0.2, 0) is 4.79 Å². The van der Waals surface area contributed by atoms with Crippen LogP contribution in [0.3, 0.4) is 0 Å². The molecular weight excluding hydrogens is 326 g/mol. The van der Waals surface area contributed by atoms with Gasteiger partial charge in [-0.15, -0.1) is 0 Å². The summed E-state index contributed by atoms with van der Waals surface area (Å²) in [6, 6.07) is 10.5. The summed E-state index contributed by atoms with van der Waals surface area (Å²) in [5, 5.41) is 6.74. The van der Waals surface area contributed by atoms with Crippen molar-refractivity contribution in [3.05, 3.63) is 30.3 Å². The molecule has 1 aromatic carbocycles. The molecular formula is C20H33N5O. The lowest BCUT2D eigenvalue weighted by Crippen LogP contribution is -2.45. The molecule has 1 fully saturated rings. The maximum absolute atomic E-state index is 12.3. The van der Waals surface area contributed by atoms with Gasteiger partial charge >= 0.3 is 0 Å². The van der Waals surface area contributed by atoms with Crippen LogP contribution in [0.4, 0.5) is 5.69 Å². The number of carbonyl (C=O) groups is 1. The molecule has 1 atom stereocenters. The molecule has 0 bridgehead atoms. The number of nitrogens with one attached hydrogen (secondary N) is 2. The normalized spacial score (nSPS) is 18.1. The second-order valence-electron chi connectivity index (χ2n) is 7.17. The Morgan fingerprint density at radius 3 is 2.69 bits per heavy atom. The van der Waals surface area contributed by atoms with Gasteiger partial charge in [0, 0.05) is 38.3 Å². The average Bonchev–Trinajstić information content (AvgIpc) is 3.01. The highest BCUT2D eigenvalue weighted by molar-refractivity contribution is 5.97. The monoisotopic (exact) mass is 359 g/mol. The van der Waals surface area contributed by atoms with E-state index in [0.717, 1.165) is 37.6 Å². The molecule has 0 radical (unpaired) electrons. The second kappa shape index (κ2) is 10.2. The van der Waals surface area contributed by atoms with Gasteiger partial charge in [0.25, 0.3) is 0 Å². The summed E-state index contributed by atoms with van der Waals surface area (Å²) in [6.07, 6.45) is 2.74. The summed E-state index contributed by atoms with van der Waals surface area (Å²) in [5.74, 6) is 0.927. The Morgan fingerprint density at radius 1 is 1.31 bits per heavy atom. The predicted molar refractivity (Wildman–Crippen MR) is 109 cm³/mol. The SMILES string of the molecule is CN=C(NCCCCN(C)C(C)C)NC1CC(=O)N(c2ccccc2)C1. The van der Waals surface area contributed by atoms with Crippen LogP contribution in [0.25, 0.3) is 0 Å². The lowest BCUT2D eigenvalue weighted by molar-refractivity contribution is -0.117. The summed E-state index contributed by atoms with van der Waals surface area (Å²) >= 11 is 0. The van der Waals surface area contributed by atoms with Crippen molar-refractivity contribution in [2.24, 2.45) is 4.99 Å². The molecule has 2 N–H and O–H groups in total. The van der Waals surface area contributed by atoms with Gasteiger partial charge in [0.05, 0.1) is 6.04 Å².